The second kappa shape index (κ2) is 8.53. The molecule has 0 saturated heterocycles. The van der Waals surface area contributed by atoms with Crippen LogP contribution in [0.3, 0.4) is 0 Å². The first kappa shape index (κ1) is 19.9. The van der Waals surface area contributed by atoms with E-state index in [0.717, 1.165) is 0 Å². The third-order valence-corrected chi connectivity index (χ3v) is 4.76. The van der Waals surface area contributed by atoms with Gasteiger partial charge in [-0.3, -0.25) is 0 Å². The van der Waals surface area contributed by atoms with Crippen LogP contribution in [0.25, 0.3) is 6.08 Å². The molecular weight excluding hydrogens is 425 g/mol. The van der Waals surface area contributed by atoms with Crippen LogP contribution in [0.2, 0.25) is 10.0 Å². The fourth-order valence-electron chi connectivity index (χ4n) is 2.74. The van der Waals surface area contributed by atoms with Gasteiger partial charge < -0.3 is 9.47 Å². The monoisotopic (exact) mass is 437 g/mol. The van der Waals surface area contributed by atoms with E-state index in [1.165, 1.54) is 0 Å². The number of ether oxygens (including phenoxy) is 2. The normalized spacial score (nSPS) is 14.4. The SMILES string of the molecule is O=C1OC(c2ccccc2Cl)=N/C1=C\c1cccc(OC(=O)c2ccc(Cl)cc2)c1. The average molecular weight is 438 g/mol. The van der Waals surface area contributed by atoms with E-state index in [1.807, 2.05) is 0 Å². The van der Waals surface area contributed by atoms with Crippen LogP contribution < -0.4 is 4.74 Å². The highest BCUT2D eigenvalue weighted by Crippen LogP contribution is 2.25. The van der Waals surface area contributed by atoms with Gasteiger partial charge in [0.1, 0.15) is 5.75 Å². The van der Waals surface area contributed by atoms with Crippen molar-refractivity contribution in [1.82, 2.24) is 0 Å². The number of benzene rings is 3. The lowest BCUT2D eigenvalue weighted by molar-refractivity contribution is -0.129. The highest BCUT2D eigenvalue weighted by atomic mass is 35.5. The number of hydrogen-bond donors (Lipinski definition) is 0. The predicted molar refractivity (Wildman–Crippen MR) is 115 cm³/mol. The van der Waals surface area contributed by atoms with E-state index >= 15 is 0 Å². The zero-order valence-electron chi connectivity index (χ0n) is 15.3. The summed E-state index contributed by atoms with van der Waals surface area (Å²) in [6, 6.07) is 20.1. The lowest BCUT2D eigenvalue weighted by atomic mass is 10.2. The number of rotatable bonds is 4. The smallest absolute Gasteiger partial charge is 0.363 e. The Hall–Kier alpha value is -3.41. The second-order valence-electron chi connectivity index (χ2n) is 6.28. The molecule has 0 radical (unpaired) electrons. The number of cyclic esters (lactones) is 1. The van der Waals surface area contributed by atoms with E-state index in [2.05, 4.69) is 4.99 Å². The van der Waals surface area contributed by atoms with Crippen molar-refractivity contribution in [3.05, 3.63) is 105 Å². The van der Waals surface area contributed by atoms with Gasteiger partial charge in [0.25, 0.3) is 0 Å². The number of esters is 2. The molecule has 0 unspecified atom stereocenters. The number of hydrogen-bond acceptors (Lipinski definition) is 5. The van der Waals surface area contributed by atoms with Crippen molar-refractivity contribution in [1.29, 1.82) is 0 Å². The van der Waals surface area contributed by atoms with Gasteiger partial charge in [-0.05, 0) is 60.2 Å². The molecule has 0 aliphatic carbocycles. The summed E-state index contributed by atoms with van der Waals surface area (Å²) in [7, 11) is 0. The van der Waals surface area contributed by atoms with Crippen molar-refractivity contribution >= 4 is 47.1 Å². The minimum atomic E-state index is -0.589. The van der Waals surface area contributed by atoms with Crippen LogP contribution in [0, 0.1) is 0 Å². The van der Waals surface area contributed by atoms with Crippen LogP contribution in [0.1, 0.15) is 21.5 Å². The van der Waals surface area contributed by atoms with Gasteiger partial charge in [-0.25, -0.2) is 14.6 Å². The van der Waals surface area contributed by atoms with E-state index in [4.69, 9.17) is 32.7 Å². The van der Waals surface area contributed by atoms with Crippen LogP contribution in [0.4, 0.5) is 0 Å². The van der Waals surface area contributed by atoms with Crippen LogP contribution in [0.5, 0.6) is 5.75 Å². The van der Waals surface area contributed by atoms with Gasteiger partial charge in [0, 0.05) is 5.02 Å². The lowest BCUT2D eigenvalue weighted by Gasteiger charge is -2.05. The molecule has 1 aliphatic heterocycles. The number of halogens is 2. The number of nitrogens with zero attached hydrogens (tertiary/aromatic N) is 1. The first-order valence-electron chi connectivity index (χ1n) is 8.85. The molecule has 0 amide bonds. The minimum Gasteiger partial charge on any atom is -0.423 e. The van der Waals surface area contributed by atoms with E-state index < -0.39 is 11.9 Å². The Morgan fingerprint density at radius 3 is 2.50 bits per heavy atom. The van der Waals surface area contributed by atoms with Crippen molar-refractivity contribution in [2.24, 2.45) is 4.99 Å². The Morgan fingerprint density at radius 1 is 0.967 bits per heavy atom. The maximum Gasteiger partial charge on any atom is 0.363 e. The first-order valence-corrected chi connectivity index (χ1v) is 9.60. The molecular formula is C23H13Cl2NO4. The standard InChI is InChI=1S/C23H13Cl2NO4/c24-16-10-8-15(9-11-16)22(27)29-17-5-3-4-14(12-17)13-20-23(28)30-21(26-20)18-6-1-2-7-19(18)25/h1-13H/b20-13-. The molecule has 148 valence electrons. The van der Waals surface area contributed by atoms with Gasteiger partial charge in [-0.1, -0.05) is 47.5 Å². The molecule has 7 heteroatoms. The molecule has 0 N–H and O–H groups in total. The maximum atomic E-state index is 12.3. The molecule has 1 aliphatic rings. The maximum absolute atomic E-state index is 12.3. The summed E-state index contributed by atoms with van der Waals surface area (Å²) >= 11 is 12.0. The van der Waals surface area contributed by atoms with Gasteiger partial charge in [-0.15, -0.1) is 0 Å². The van der Waals surface area contributed by atoms with E-state index in [9.17, 15) is 9.59 Å². The highest BCUT2D eigenvalue weighted by molar-refractivity contribution is 6.34. The summed E-state index contributed by atoms with van der Waals surface area (Å²) < 4.78 is 10.6. The van der Waals surface area contributed by atoms with Crippen LogP contribution in [-0.2, 0) is 9.53 Å². The quantitative estimate of drug-likeness (QED) is 0.304. The third kappa shape index (κ3) is 4.43. The molecule has 3 aromatic rings. The highest BCUT2D eigenvalue weighted by Gasteiger charge is 2.25. The van der Waals surface area contributed by atoms with Crippen molar-refractivity contribution in [2.45, 2.75) is 0 Å². The molecule has 0 aromatic heterocycles. The van der Waals surface area contributed by atoms with E-state index in [1.54, 1.807) is 78.9 Å². The van der Waals surface area contributed by atoms with Crippen molar-refractivity contribution < 1.29 is 19.1 Å². The van der Waals surface area contributed by atoms with Crippen molar-refractivity contribution in [3.8, 4) is 5.75 Å². The molecule has 0 bridgehead atoms. The second-order valence-corrected chi connectivity index (χ2v) is 7.13. The molecule has 0 fully saturated rings. The topological polar surface area (TPSA) is 65.0 Å². The molecule has 1 heterocycles. The Kier molecular flexibility index (Phi) is 5.65. The van der Waals surface area contributed by atoms with Gasteiger partial charge in [-0.2, -0.15) is 0 Å². The van der Waals surface area contributed by atoms with Gasteiger partial charge in [0.15, 0.2) is 5.70 Å². The molecule has 0 spiro atoms. The van der Waals surface area contributed by atoms with Crippen molar-refractivity contribution in [2.75, 3.05) is 0 Å². The molecule has 0 atom stereocenters. The van der Waals surface area contributed by atoms with Gasteiger partial charge in [0.05, 0.1) is 16.1 Å². The summed E-state index contributed by atoms with van der Waals surface area (Å²) in [5.41, 5.74) is 1.64. The summed E-state index contributed by atoms with van der Waals surface area (Å²) in [6.45, 7) is 0. The molecule has 5 nitrogen and oxygen atoms in total. The summed E-state index contributed by atoms with van der Waals surface area (Å²) in [5.74, 6) is -0.641. The van der Waals surface area contributed by atoms with E-state index in [-0.39, 0.29) is 11.6 Å². The van der Waals surface area contributed by atoms with Crippen LogP contribution in [-0.4, -0.2) is 17.8 Å². The third-order valence-electron chi connectivity index (χ3n) is 4.18. The number of carbonyl (C=O) groups excluding carboxylic acids is 2. The fourth-order valence-corrected chi connectivity index (χ4v) is 3.08. The molecule has 30 heavy (non-hydrogen) atoms. The Bertz CT molecular complexity index is 1200. The summed E-state index contributed by atoms with van der Waals surface area (Å²) in [6.07, 6.45) is 1.55. The first-order chi connectivity index (χ1) is 14.5. The fraction of sp³-hybridized carbons (Fsp3) is 0. The number of carbonyl (C=O) groups is 2. The van der Waals surface area contributed by atoms with Crippen LogP contribution >= 0.6 is 23.2 Å². The Balaban J connectivity index is 1.56. The van der Waals surface area contributed by atoms with Crippen molar-refractivity contribution in [3.63, 3.8) is 0 Å². The zero-order chi connectivity index (χ0) is 21.1. The van der Waals surface area contributed by atoms with Gasteiger partial charge in [0.2, 0.25) is 5.90 Å². The average Bonchev–Trinajstić information content (AvgIpc) is 3.09. The zero-order valence-corrected chi connectivity index (χ0v) is 16.9. The number of aliphatic imine (C=N–C) groups is 1. The molecule has 3 aromatic carbocycles. The Morgan fingerprint density at radius 2 is 1.73 bits per heavy atom. The molecule has 0 saturated carbocycles. The predicted octanol–water partition coefficient (Wildman–Crippen LogP) is 5.56. The Labute approximate surface area is 182 Å². The summed E-state index contributed by atoms with van der Waals surface area (Å²) in [4.78, 5) is 28.7. The largest absolute Gasteiger partial charge is 0.423 e. The van der Waals surface area contributed by atoms with Crippen LogP contribution in [0.15, 0.2) is 83.5 Å². The lowest BCUT2D eigenvalue weighted by Crippen LogP contribution is -2.08. The molecule has 4 rings (SSSR count). The summed E-state index contributed by atoms with van der Waals surface area (Å²) in [5, 5.41) is 0.960. The van der Waals surface area contributed by atoms with E-state index in [0.29, 0.717) is 32.5 Å². The van der Waals surface area contributed by atoms with Gasteiger partial charge >= 0.3 is 11.9 Å². The minimum absolute atomic E-state index is 0.117.